The first-order chi connectivity index (χ1) is 37.1. The molecule has 0 amide bonds. The lowest BCUT2D eigenvalue weighted by Crippen LogP contribution is -2.56. The summed E-state index contributed by atoms with van der Waals surface area (Å²) in [6, 6.07) is 0. The normalized spacial score (nSPS) is 16.8. The molecule has 6 atom stereocenters. The van der Waals surface area contributed by atoms with Crippen molar-refractivity contribution in [2.24, 2.45) is 0 Å². The molecule has 1 heterocycles. The summed E-state index contributed by atoms with van der Waals surface area (Å²) in [6.07, 6.45) is -57.6. The number of hydrogen-bond acceptors (Lipinski definition) is 15. The largest absolute Gasteiger partial charge is 0.462 e. The van der Waals surface area contributed by atoms with E-state index in [0.29, 0.717) is 18.8 Å². The molecule has 15 nitrogen and oxygen atoms in total. The highest BCUT2D eigenvalue weighted by molar-refractivity contribution is 5.87. The maximum absolute atomic E-state index is 13.2. The smallest absolute Gasteiger partial charge is 0.460 e. The number of hydrogen-bond donors (Lipinski definition) is 3. The number of esters is 3. The lowest BCUT2D eigenvalue weighted by molar-refractivity contribution is -0.451. The SMILES string of the molecule is C=C(C)C(=O)OCC(O)COCC(F)(F)C(F)OC(F)(F)C(F)(F)C(F)(F)F.C=C(C)C(=O)OCC(O)COCC(F)(F)C(F)OC(F)(F)C(F)(F)C(F)(F)F.C=C(C)C(=O)OCC1CO1.OCC(F)(F)C(F)OC(F)(F)C(F)(F)C(F)(F)F. The summed E-state index contributed by atoms with van der Waals surface area (Å²) in [5.41, 5.74) is 0.281. The molecule has 1 fully saturated rings. The van der Waals surface area contributed by atoms with Gasteiger partial charge in [0.05, 0.1) is 19.8 Å². The van der Waals surface area contributed by atoms with Crippen LogP contribution >= 0.6 is 0 Å². The Hall–Kier alpha value is -4.83. The second kappa shape index (κ2) is 31.7. The molecule has 0 aromatic heterocycles. The molecule has 0 spiro atoms. The van der Waals surface area contributed by atoms with Crippen molar-refractivity contribution < 1.29 is 204 Å². The van der Waals surface area contributed by atoms with Crippen LogP contribution in [-0.4, -0.2) is 202 Å². The number of epoxide rings is 1. The topological polar surface area (TPSA) is 198 Å². The summed E-state index contributed by atoms with van der Waals surface area (Å²) >= 11 is 0. The van der Waals surface area contributed by atoms with E-state index in [1.807, 2.05) is 0 Å². The molecular weight excluding hydrogens is 1280 g/mol. The van der Waals surface area contributed by atoms with Crippen molar-refractivity contribution in [1.29, 1.82) is 0 Å². The average Bonchev–Trinajstić information content (AvgIpc) is 4.15. The summed E-state index contributed by atoms with van der Waals surface area (Å²) < 4.78 is 404. The van der Waals surface area contributed by atoms with Crippen LogP contribution < -0.4 is 0 Å². The van der Waals surface area contributed by atoms with E-state index in [-0.39, 0.29) is 23.2 Å². The summed E-state index contributed by atoms with van der Waals surface area (Å²) in [7, 11) is 0. The monoisotopic (exact) mass is 1320 g/mol. The summed E-state index contributed by atoms with van der Waals surface area (Å²) in [4.78, 5) is 32.7. The summed E-state index contributed by atoms with van der Waals surface area (Å²) in [5, 5.41) is 26.3. The molecule has 84 heavy (non-hydrogen) atoms. The lowest BCUT2D eigenvalue weighted by Gasteiger charge is -2.30. The predicted molar refractivity (Wildman–Crippen MR) is 208 cm³/mol. The van der Waals surface area contributed by atoms with Gasteiger partial charge in [-0.15, -0.1) is 0 Å². The molecule has 0 bridgehead atoms. The summed E-state index contributed by atoms with van der Waals surface area (Å²) in [6.45, 7) is 4.55. The third-order valence-corrected chi connectivity index (χ3v) is 8.00. The van der Waals surface area contributed by atoms with Crippen LogP contribution in [0.5, 0.6) is 0 Å². The zero-order valence-corrected chi connectivity index (χ0v) is 41.5. The van der Waals surface area contributed by atoms with Crippen molar-refractivity contribution in [2.75, 3.05) is 59.5 Å². The van der Waals surface area contributed by atoms with Gasteiger partial charge in [0.25, 0.3) is 19.1 Å². The van der Waals surface area contributed by atoms with Gasteiger partial charge in [-0.05, 0) is 20.8 Å². The number of ether oxygens (including phenoxy) is 9. The third-order valence-electron chi connectivity index (χ3n) is 8.00. The van der Waals surface area contributed by atoms with Crippen LogP contribution in [0.3, 0.4) is 0 Å². The zero-order valence-electron chi connectivity index (χ0n) is 41.5. The van der Waals surface area contributed by atoms with Crippen LogP contribution in [0.25, 0.3) is 0 Å². The Bertz CT molecular complexity index is 2000. The van der Waals surface area contributed by atoms with Crippen molar-refractivity contribution in [3.8, 4) is 0 Å². The van der Waals surface area contributed by atoms with Gasteiger partial charge < -0.3 is 43.7 Å². The first-order valence-electron chi connectivity index (χ1n) is 20.9. The molecule has 0 aromatic rings. The molecule has 0 saturated carbocycles. The highest BCUT2D eigenvalue weighted by Gasteiger charge is 2.78. The fourth-order valence-electron chi connectivity index (χ4n) is 3.37. The molecule has 0 aromatic carbocycles. The lowest BCUT2D eigenvalue weighted by atomic mass is 10.3. The molecule has 1 saturated heterocycles. The van der Waals surface area contributed by atoms with Gasteiger partial charge in [-0.2, -0.15) is 119 Å². The molecule has 1 aliphatic rings. The second-order valence-corrected chi connectivity index (χ2v) is 15.9. The minimum Gasteiger partial charge on any atom is -0.460 e. The molecule has 3 N–H and O–H groups in total. The maximum Gasteiger partial charge on any atom is 0.462 e. The van der Waals surface area contributed by atoms with Gasteiger partial charge in [-0.3, -0.25) is 14.2 Å². The number of alkyl halides is 30. The fourth-order valence-corrected chi connectivity index (χ4v) is 3.37. The van der Waals surface area contributed by atoms with Gasteiger partial charge in [0, 0.05) is 16.7 Å². The Morgan fingerprint density at radius 2 is 0.690 bits per heavy atom. The van der Waals surface area contributed by atoms with Crippen LogP contribution in [0.1, 0.15) is 20.8 Å². The van der Waals surface area contributed by atoms with Gasteiger partial charge in [0.15, 0.2) is 0 Å². The molecule has 45 heteroatoms. The van der Waals surface area contributed by atoms with E-state index >= 15 is 0 Å². The van der Waals surface area contributed by atoms with Crippen LogP contribution in [0.4, 0.5) is 132 Å². The number of aliphatic hydroxyl groups excluding tert-OH is 3. The fraction of sp³-hybridized carbons (Fsp3) is 0.769. The van der Waals surface area contributed by atoms with Crippen LogP contribution in [-0.2, 0) is 57.0 Å². The Morgan fingerprint density at radius 1 is 0.452 bits per heavy atom. The van der Waals surface area contributed by atoms with Crippen molar-refractivity contribution in [3.63, 3.8) is 0 Å². The van der Waals surface area contributed by atoms with Gasteiger partial charge in [-0.25, -0.2) is 27.6 Å². The number of aliphatic hydroxyl groups is 3. The van der Waals surface area contributed by atoms with Crippen molar-refractivity contribution in [3.05, 3.63) is 36.5 Å². The Morgan fingerprint density at radius 3 is 0.905 bits per heavy atom. The summed E-state index contributed by atoms with van der Waals surface area (Å²) in [5.74, 6) is -38.3. The van der Waals surface area contributed by atoms with Gasteiger partial charge in [0.1, 0.15) is 58.0 Å². The maximum atomic E-state index is 13.2. The average molecular weight is 1320 g/mol. The third kappa shape index (κ3) is 26.8. The van der Waals surface area contributed by atoms with E-state index in [0.717, 1.165) is 0 Å². The van der Waals surface area contributed by atoms with E-state index in [9.17, 15) is 156 Å². The Labute approximate surface area is 448 Å². The van der Waals surface area contributed by atoms with E-state index in [2.05, 4.69) is 52.9 Å². The Kier molecular flexibility index (Phi) is 31.5. The van der Waals surface area contributed by atoms with Gasteiger partial charge in [-0.1, -0.05) is 19.7 Å². The highest BCUT2D eigenvalue weighted by atomic mass is 19.4. The second-order valence-electron chi connectivity index (χ2n) is 15.9. The quantitative estimate of drug-likeness (QED) is 0.0202. The number of rotatable bonds is 30. The number of carbonyl (C=O) groups is 3. The van der Waals surface area contributed by atoms with Crippen LogP contribution in [0.15, 0.2) is 36.5 Å². The van der Waals surface area contributed by atoms with Gasteiger partial charge in [0.2, 0.25) is 0 Å². The van der Waals surface area contributed by atoms with Crippen molar-refractivity contribution >= 4 is 17.9 Å². The molecule has 0 aliphatic carbocycles. The molecule has 1 aliphatic heterocycles. The van der Waals surface area contributed by atoms with Crippen molar-refractivity contribution in [2.45, 2.75) is 131 Å². The predicted octanol–water partition coefficient (Wildman–Crippen LogP) is 9.66. The van der Waals surface area contributed by atoms with E-state index in [1.165, 1.54) is 13.8 Å². The zero-order chi connectivity index (χ0) is 67.7. The van der Waals surface area contributed by atoms with Crippen LogP contribution in [0, 0.1) is 0 Å². The van der Waals surface area contributed by atoms with E-state index in [1.54, 1.807) is 6.92 Å². The van der Waals surface area contributed by atoms with Gasteiger partial charge >= 0.3 is 90.3 Å². The standard InChI is InChI=1S/2C13H14F10O5.C7H10O3.C6H4F10O2/c2*1-6(2)8(25)27-4-7(24)3-26-5-10(15,16)9(14)28-13(22,23)11(17,18)12(19,20)21;1-5(2)7(8)10-4-6-3-9-6;7-2(3(8,9)1-17)18-6(15,16)4(10,11)5(12,13)14/h2*7,9,24H,1,3-5H2,2H3;6H,1,3-4H2,2H3;2,17H,1H2. The first kappa shape index (κ1) is 83.4. The molecule has 1 rings (SSSR count). The molecule has 498 valence electrons. The number of halogens is 30. The molecule has 0 radical (unpaired) electrons. The molecule has 6 unspecified atom stereocenters. The minimum absolute atomic E-state index is 0.0753. The first-order valence-corrected chi connectivity index (χ1v) is 20.9. The van der Waals surface area contributed by atoms with Crippen LogP contribution in [0.2, 0.25) is 0 Å². The minimum atomic E-state index is -6.95. The Balaban J connectivity index is -0.00000110. The molecular formula is C39H42F30O15. The van der Waals surface area contributed by atoms with Crippen molar-refractivity contribution in [1.82, 2.24) is 0 Å². The van der Waals surface area contributed by atoms with E-state index in [4.69, 9.17) is 14.6 Å². The van der Waals surface area contributed by atoms with E-state index < -0.39 is 162 Å². The number of carbonyl (C=O) groups excluding carboxylic acids is 3. The highest BCUT2D eigenvalue weighted by Crippen LogP contribution is 2.51.